The number of aromatic nitrogens is 1. The van der Waals surface area contributed by atoms with Crippen LogP contribution in [0.5, 0.6) is 0 Å². The molecule has 1 aromatic carbocycles. The first-order chi connectivity index (χ1) is 9.11. The smallest absolute Gasteiger partial charge is 0.357 e. The molecule has 0 saturated carbocycles. The van der Waals surface area contributed by atoms with Crippen molar-refractivity contribution in [3.05, 3.63) is 41.0 Å². The van der Waals surface area contributed by atoms with Gasteiger partial charge >= 0.3 is 5.97 Å². The SMILES string of the molecule is CCCC(C)OC(=O)c1cc(Cl)c2ccccc2n1. The van der Waals surface area contributed by atoms with Gasteiger partial charge in [-0.1, -0.05) is 43.1 Å². The molecular weight excluding hydrogens is 262 g/mol. The molecule has 0 radical (unpaired) electrons. The van der Waals surface area contributed by atoms with Crippen molar-refractivity contribution in [2.75, 3.05) is 0 Å². The van der Waals surface area contributed by atoms with Crippen molar-refractivity contribution in [3.8, 4) is 0 Å². The summed E-state index contributed by atoms with van der Waals surface area (Å²) in [5, 5.41) is 1.35. The Balaban J connectivity index is 2.28. The fraction of sp³-hybridized carbons (Fsp3) is 0.333. The van der Waals surface area contributed by atoms with Gasteiger partial charge in [0.15, 0.2) is 5.69 Å². The molecule has 19 heavy (non-hydrogen) atoms. The van der Waals surface area contributed by atoms with Gasteiger partial charge in [-0.15, -0.1) is 0 Å². The van der Waals surface area contributed by atoms with E-state index in [1.165, 1.54) is 0 Å². The lowest BCUT2D eigenvalue weighted by Crippen LogP contribution is -2.16. The van der Waals surface area contributed by atoms with Gasteiger partial charge < -0.3 is 4.74 Å². The lowest BCUT2D eigenvalue weighted by atomic mass is 10.2. The largest absolute Gasteiger partial charge is 0.458 e. The molecule has 0 saturated heterocycles. The molecule has 0 spiro atoms. The summed E-state index contributed by atoms with van der Waals surface area (Å²) in [6.45, 7) is 3.93. The van der Waals surface area contributed by atoms with Crippen molar-refractivity contribution < 1.29 is 9.53 Å². The number of pyridine rings is 1. The second kappa shape index (κ2) is 6.02. The Kier molecular flexibility index (Phi) is 4.38. The van der Waals surface area contributed by atoms with Crippen LogP contribution in [0, 0.1) is 0 Å². The van der Waals surface area contributed by atoms with Gasteiger partial charge in [0.05, 0.1) is 16.6 Å². The number of ether oxygens (including phenoxy) is 1. The number of para-hydroxylation sites is 1. The highest BCUT2D eigenvalue weighted by molar-refractivity contribution is 6.35. The Hall–Kier alpha value is -1.61. The van der Waals surface area contributed by atoms with Crippen molar-refractivity contribution in [1.29, 1.82) is 0 Å². The van der Waals surface area contributed by atoms with E-state index in [9.17, 15) is 4.79 Å². The van der Waals surface area contributed by atoms with Crippen LogP contribution in [0.4, 0.5) is 0 Å². The summed E-state index contributed by atoms with van der Waals surface area (Å²) in [5.74, 6) is -0.423. The number of carbonyl (C=O) groups is 1. The standard InChI is InChI=1S/C15H16ClNO2/c1-3-6-10(2)19-15(18)14-9-12(16)11-7-4-5-8-13(11)17-14/h4-5,7-10H,3,6H2,1-2H3. The number of rotatable bonds is 4. The zero-order chi connectivity index (χ0) is 13.8. The molecule has 0 N–H and O–H groups in total. The van der Waals surface area contributed by atoms with Crippen LogP contribution in [0.1, 0.15) is 37.2 Å². The van der Waals surface area contributed by atoms with Gasteiger partial charge in [-0.3, -0.25) is 0 Å². The number of hydrogen-bond acceptors (Lipinski definition) is 3. The number of nitrogens with zero attached hydrogens (tertiary/aromatic N) is 1. The maximum absolute atomic E-state index is 12.0. The van der Waals surface area contributed by atoms with Gasteiger partial charge in [0, 0.05) is 5.39 Å². The lowest BCUT2D eigenvalue weighted by Gasteiger charge is -2.12. The predicted molar refractivity (Wildman–Crippen MR) is 76.5 cm³/mol. The molecule has 0 bridgehead atoms. The van der Waals surface area contributed by atoms with Crippen LogP contribution >= 0.6 is 11.6 Å². The quantitative estimate of drug-likeness (QED) is 0.785. The van der Waals surface area contributed by atoms with Gasteiger partial charge in [0.2, 0.25) is 0 Å². The molecule has 2 aromatic rings. The first-order valence-electron chi connectivity index (χ1n) is 6.38. The van der Waals surface area contributed by atoms with Crippen molar-refractivity contribution in [3.63, 3.8) is 0 Å². The summed E-state index contributed by atoms with van der Waals surface area (Å²) in [6, 6.07) is 9.01. The van der Waals surface area contributed by atoms with Gasteiger partial charge in [0.25, 0.3) is 0 Å². The van der Waals surface area contributed by atoms with Crippen molar-refractivity contribution in [1.82, 2.24) is 4.98 Å². The molecule has 2 rings (SSSR count). The highest BCUT2D eigenvalue weighted by atomic mass is 35.5. The van der Waals surface area contributed by atoms with Crippen LogP contribution in [0.2, 0.25) is 5.02 Å². The van der Waals surface area contributed by atoms with Crippen molar-refractivity contribution >= 4 is 28.5 Å². The second-order valence-electron chi connectivity index (χ2n) is 4.51. The second-order valence-corrected chi connectivity index (χ2v) is 4.92. The Bertz CT molecular complexity index is 598. The Morgan fingerprint density at radius 3 is 2.89 bits per heavy atom. The number of benzene rings is 1. The number of halogens is 1. The van der Waals surface area contributed by atoms with E-state index in [-0.39, 0.29) is 11.8 Å². The maximum Gasteiger partial charge on any atom is 0.357 e. The van der Waals surface area contributed by atoms with E-state index >= 15 is 0 Å². The third-order valence-corrected chi connectivity index (χ3v) is 3.19. The normalized spacial score (nSPS) is 12.4. The molecule has 3 nitrogen and oxygen atoms in total. The summed E-state index contributed by atoms with van der Waals surface area (Å²) in [4.78, 5) is 16.3. The minimum Gasteiger partial charge on any atom is -0.458 e. The number of fused-ring (bicyclic) bond motifs is 1. The highest BCUT2D eigenvalue weighted by Crippen LogP contribution is 2.23. The van der Waals surface area contributed by atoms with Gasteiger partial charge in [-0.05, 0) is 25.5 Å². The van der Waals surface area contributed by atoms with Crippen LogP contribution in [0.15, 0.2) is 30.3 Å². The maximum atomic E-state index is 12.0. The molecule has 100 valence electrons. The minimum absolute atomic E-state index is 0.107. The molecule has 1 unspecified atom stereocenters. The van der Waals surface area contributed by atoms with E-state index in [0.29, 0.717) is 10.5 Å². The summed E-state index contributed by atoms with van der Waals surface area (Å²) in [6.07, 6.45) is 1.71. The van der Waals surface area contributed by atoms with Crippen molar-refractivity contribution in [2.45, 2.75) is 32.8 Å². The fourth-order valence-electron chi connectivity index (χ4n) is 1.95. The predicted octanol–water partition coefficient (Wildman–Crippen LogP) is 4.23. The Morgan fingerprint density at radius 1 is 1.42 bits per heavy atom. The van der Waals surface area contributed by atoms with Crippen LogP contribution in [-0.2, 0) is 4.74 Å². The summed E-state index contributed by atoms with van der Waals surface area (Å²) >= 11 is 6.16. The summed E-state index contributed by atoms with van der Waals surface area (Å²) < 4.78 is 5.32. The van der Waals surface area contributed by atoms with E-state index in [1.54, 1.807) is 6.07 Å². The topological polar surface area (TPSA) is 39.2 Å². The van der Waals surface area contributed by atoms with Gasteiger partial charge in [-0.2, -0.15) is 0 Å². The molecule has 0 aliphatic rings. The third-order valence-electron chi connectivity index (χ3n) is 2.88. The molecule has 0 aliphatic heterocycles. The molecule has 0 fully saturated rings. The molecule has 1 aromatic heterocycles. The van der Waals surface area contributed by atoms with Crippen LogP contribution < -0.4 is 0 Å². The van der Waals surface area contributed by atoms with Gasteiger partial charge in [0.1, 0.15) is 0 Å². The molecule has 1 heterocycles. The van der Waals surface area contributed by atoms with E-state index in [1.807, 2.05) is 31.2 Å². The average Bonchev–Trinajstić information content (AvgIpc) is 2.39. The number of carbonyl (C=O) groups excluding carboxylic acids is 1. The average molecular weight is 278 g/mol. The molecule has 4 heteroatoms. The zero-order valence-electron chi connectivity index (χ0n) is 11.0. The Labute approximate surface area is 117 Å². The van der Waals surface area contributed by atoms with Crippen LogP contribution in [0.25, 0.3) is 10.9 Å². The van der Waals surface area contributed by atoms with E-state index in [4.69, 9.17) is 16.3 Å². The van der Waals surface area contributed by atoms with Crippen molar-refractivity contribution in [2.24, 2.45) is 0 Å². The Morgan fingerprint density at radius 2 is 2.16 bits per heavy atom. The first-order valence-corrected chi connectivity index (χ1v) is 6.76. The summed E-state index contributed by atoms with van der Waals surface area (Å²) in [5.41, 5.74) is 0.955. The molecule has 0 aliphatic carbocycles. The summed E-state index contributed by atoms with van der Waals surface area (Å²) in [7, 11) is 0. The van der Waals surface area contributed by atoms with Crippen LogP contribution in [-0.4, -0.2) is 17.1 Å². The fourth-order valence-corrected chi connectivity index (χ4v) is 2.21. The highest BCUT2D eigenvalue weighted by Gasteiger charge is 2.15. The first kappa shape index (κ1) is 13.8. The number of hydrogen-bond donors (Lipinski definition) is 0. The molecule has 1 atom stereocenters. The molecular formula is C15H16ClNO2. The number of esters is 1. The van der Waals surface area contributed by atoms with E-state index < -0.39 is 5.97 Å². The van der Waals surface area contributed by atoms with Crippen LogP contribution in [0.3, 0.4) is 0 Å². The zero-order valence-corrected chi connectivity index (χ0v) is 11.8. The lowest BCUT2D eigenvalue weighted by molar-refractivity contribution is 0.0317. The van der Waals surface area contributed by atoms with Gasteiger partial charge in [-0.25, -0.2) is 9.78 Å². The van der Waals surface area contributed by atoms with E-state index in [0.717, 1.165) is 18.2 Å². The third kappa shape index (κ3) is 3.24. The minimum atomic E-state index is -0.423. The monoisotopic (exact) mass is 277 g/mol. The molecule has 0 amide bonds. The van der Waals surface area contributed by atoms with E-state index in [2.05, 4.69) is 11.9 Å².